The Kier molecular flexibility index (Phi) is 5.06. The van der Waals surface area contributed by atoms with E-state index >= 15 is 0 Å². The second-order valence-corrected chi connectivity index (χ2v) is 5.94. The molecule has 3 heterocycles. The van der Waals surface area contributed by atoms with E-state index in [-0.39, 0.29) is 0 Å². The summed E-state index contributed by atoms with van der Waals surface area (Å²) in [6.45, 7) is 2.56. The van der Waals surface area contributed by atoms with E-state index in [0.29, 0.717) is 23.9 Å². The van der Waals surface area contributed by atoms with Crippen LogP contribution in [0.15, 0.2) is 36.5 Å². The van der Waals surface area contributed by atoms with Crippen LogP contribution in [0.3, 0.4) is 0 Å². The molecule has 126 valence electrons. The third-order valence-electron chi connectivity index (χ3n) is 3.50. The van der Waals surface area contributed by atoms with Crippen molar-refractivity contribution in [3.05, 3.63) is 53.5 Å². The standard InChI is InChI=1S/C17H16N6OS/c1-11-14(10-19-13-6-7-16(24-2)20-9-13)17(25-23-11)22-15-5-3-4-12(8-18)21-15/h3-7,9,19H,10H2,1-2H3,(H,21,22). The van der Waals surface area contributed by atoms with Gasteiger partial charge in [-0.3, -0.25) is 0 Å². The van der Waals surface area contributed by atoms with Crippen LogP contribution in [0, 0.1) is 18.3 Å². The number of pyridine rings is 2. The number of ether oxygens (including phenoxy) is 1. The van der Waals surface area contributed by atoms with Gasteiger partial charge >= 0.3 is 0 Å². The molecule has 0 radical (unpaired) electrons. The fourth-order valence-electron chi connectivity index (χ4n) is 2.17. The summed E-state index contributed by atoms with van der Waals surface area (Å²) in [6, 6.07) is 11.0. The van der Waals surface area contributed by atoms with Gasteiger partial charge in [0, 0.05) is 18.2 Å². The summed E-state index contributed by atoms with van der Waals surface area (Å²) >= 11 is 1.37. The SMILES string of the molecule is COc1ccc(NCc2c(C)nsc2Nc2cccc(C#N)n2)cn1. The molecule has 0 aromatic carbocycles. The molecule has 3 aromatic rings. The van der Waals surface area contributed by atoms with Gasteiger partial charge in [-0.2, -0.15) is 9.64 Å². The summed E-state index contributed by atoms with van der Waals surface area (Å²) in [5.41, 5.74) is 3.25. The highest BCUT2D eigenvalue weighted by molar-refractivity contribution is 7.10. The monoisotopic (exact) mass is 352 g/mol. The molecular weight excluding hydrogens is 336 g/mol. The molecule has 3 rings (SSSR count). The first kappa shape index (κ1) is 16.7. The number of nitriles is 1. The maximum atomic E-state index is 8.96. The Morgan fingerprint density at radius 1 is 1.28 bits per heavy atom. The minimum Gasteiger partial charge on any atom is -0.481 e. The summed E-state index contributed by atoms with van der Waals surface area (Å²) in [7, 11) is 1.59. The second-order valence-electron chi connectivity index (χ2n) is 5.16. The Hall–Kier alpha value is -3.18. The number of rotatable bonds is 6. The predicted octanol–water partition coefficient (Wildman–Crippen LogP) is 3.48. The van der Waals surface area contributed by atoms with E-state index in [9.17, 15) is 0 Å². The zero-order valence-corrected chi connectivity index (χ0v) is 14.6. The zero-order chi connectivity index (χ0) is 17.6. The summed E-state index contributed by atoms with van der Waals surface area (Å²) < 4.78 is 9.46. The summed E-state index contributed by atoms with van der Waals surface area (Å²) in [5.74, 6) is 1.19. The van der Waals surface area contributed by atoms with E-state index in [4.69, 9.17) is 10.00 Å². The molecule has 0 aliphatic carbocycles. The van der Waals surface area contributed by atoms with Crippen LogP contribution in [0.5, 0.6) is 5.88 Å². The molecular formula is C17H16N6OS. The van der Waals surface area contributed by atoms with Crippen molar-refractivity contribution in [1.29, 1.82) is 5.26 Å². The van der Waals surface area contributed by atoms with Gasteiger partial charge in [-0.1, -0.05) is 6.07 Å². The van der Waals surface area contributed by atoms with Crippen molar-refractivity contribution >= 4 is 28.0 Å². The summed E-state index contributed by atoms with van der Waals surface area (Å²) in [6.07, 6.45) is 1.72. The molecule has 0 aliphatic heterocycles. The van der Waals surface area contributed by atoms with Crippen LogP contribution in [-0.2, 0) is 6.54 Å². The highest BCUT2D eigenvalue weighted by atomic mass is 32.1. The average molecular weight is 352 g/mol. The number of anilines is 3. The first-order valence-corrected chi connectivity index (χ1v) is 8.30. The topological polar surface area (TPSA) is 95.8 Å². The lowest BCUT2D eigenvalue weighted by molar-refractivity contribution is 0.398. The van der Waals surface area contributed by atoms with Crippen LogP contribution >= 0.6 is 11.5 Å². The highest BCUT2D eigenvalue weighted by Gasteiger charge is 2.12. The fourth-order valence-corrected chi connectivity index (χ4v) is 2.99. The number of aryl methyl sites for hydroxylation is 1. The lowest BCUT2D eigenvalue weighted by Gasteiger charge is -2.09. The van der Waals surface area contributed by atoms with Crippen LogP contribution in [0.4, 0.5) is 16.5 Å². The maximum Gasteiger partial charge on any atom is 0.213 e. The van der Waals surface area contributed by atoms with Crippen LogP contribution in [-0.4, -0.2) is 21.5 Å². The van der Waals surface area contributed by atoms with Crippen LogP contribution in [0.2, 0.25) is 0 Å². The number of hydrogen-bond acceptors (Lipinski definition) is 8. The van der Waals surface area contributed by atoms with E-state index in [1.807, 2.05) is 25.1 Å². The minimum atomic E-state index is 0.371. The number of nitrogens with zero attached hydrogens (tertiary/aromatic N) is 4. The number of methoxy groups -OCH3 is 1. The fraction of sp³-hybridized carbons (Fsp3) is 0.176. The van der Waals surface area contributed by atoms with Gasteiger partial charge in [0.05, 0.1) is 24.7 Å². The molecule has 0 aliphatic rings. The molecule has 0 amide bonds. The smallest absolute Gasteiger partial charge is 0.213 e. The molecule has 25 heavy (non-hydrogen) atoms. The second kappa shape index (κ2) is 7.59. The molecule has 0 saturated heterocycles. The Labute approximate surface area is 149 Å². The Balaban J connectivity index is 1.73. The van der Waals surface area contributed by atoms with Gasteiger partial charge in [-0.15, -0.1) is 0 Å². The first-order chi connectivity index (χ1) is 12.2. The normalized spacial score (nSPS) is 10.1. The molecule has 0 fully saturated rings. The first-order valence-electron chi connectivity index (χ1n) is 7.53. The maximum absolute atomic E-state index is 8.96. The van der Waals surface area contributed by atoms with Crippen molar-refractivity contribution in [2.24, 2.45) is 0 Å². The molecule has 0 bridgehead atoms. The summed E-state index contributed by atoms with van der Waals surface area (Å²) in [5, 5.41) is 16.4. The van der Waals surface area contributed by atoms with Crippen molar-refractivity contribution in [3.63, 3.8) is 0 Å². The quantitative estimate of drug-likeness (QED) is 0.701. The Bertz CT molecular complexity index is 900. The van der Waals surface area contributed by atoms with Gasteiger partial charge in [0.15, 0.2) is 0 Å². The highest BCUT2D eigenvalue weighted by Crippen LogP contribution is 2.28. The van der Waals surface area contributed by atoms with Gasteiger partial charge in [0.2, 0.25) is 5.88 Å². The van der Waals surface area contributed by atoms with Crippen molar-refractivity contribution in [3.8, 4) is 11.9 Å². The molecule has 3 aromatic heterocycles. The third-order valence-corrected chi connectivity index (χ3v) is 4.40. The van der Waals surface area contributed by atoms with Crippen molar-refractivity contribution in [1.82, 2.24) is 14.3 Å². The van der Waals surface area contributed by atoms with Crippen molar-refractivity contribution in [2.75, 3.05) is 17.7 Å². The van der Waals surface area contributed by atoms with Crippen LogP contribution < -0.4 is 15.4 Å². The molecule has 7 nitrogen and oxygen atoms in total. The zero-order valence-electron chi connectivity index (χ0n) is 13.8. The number of hydrogen-bond donors (Lipinski definition) is 2. The van der Waals surface area contributed by atoms with Gasteiger partial charge in [-0.25, -0.2) is 9.97 Å². The van der Waals surface area contributed by atoms with E-state index in [2.05, 4.69) is 25.0 Å². The molecule has 0 atom stereocenters. The van der Waals surface area contributed by atoms with Crippen molar-refractivity contribution in [2.45, 2.75) is 13.5 Å². The lowest BCUT2D eigenvalue weighted by Crippen LogP contribution is -2.03. The predicted molar refractivity (Wildman–Crippen MR) is 97.2 cm³/mol. The summed E-state index contributed by atoms with van der Waals surface area (Å²) in [4.78, 5) is 8.41. The Morgan fingerprint density at radius 2 is 2.16 bits per heavy atom. The van der Waals surface area contributed by atoms with E-state index in [1.54, 1.807) is 31.5 Å². The van der Waals surface area contributed by atoms with Gasteiger partial charge in [-0.05, 0) is 36.7 Å². The van der Waals surface area contributed by atoms with Gasteiger partial charge in [0.1, 0.15) is 22.6 Å². The van der Waals surface area contributed by atoms with Gasteiger partial charge in [0.25, 0.3) is 0 Å². The molecule has 2 N–H and O–H groups in total. The minimum absolute atomic E-state index is 0.371. The van der Waals surface area contributed by atoms with Crippen LogP contribution in [0.25, 0.3) is 0 Å². The van der Waals surface area contributed by atoms with E-state index < -0.39 is 0 Å². The third kappa shape index (κ3) is 4.02. The largest absolute Gasteiger partial charge is 0.481 e. The Morgan fingerprint density at radius 3 is 2.88 bits per heavy atom. The average Bonchev–Trinajstić information content (AvgIpc) is 3.00. The lowest BCUT2D eigenvalue weighted by atomic mass is 10.2. The molecule has 0 saturated carbocycles. The van der Waals surface area contributed by atoms with Crippen LogP contribution in [0.1, 0.15) is 17.0 Å². The van der Waals surface area contributed by atoms with Gasteiger partial charge < -0.3 is 15.4 Å². The molecule has 8 heteroatoms. The number of nitrogens with one attached hydrogen (secondary N) is 2. The van der Waals surface area contributed by atoms with E-state index in [1.165, 1.54) is 11.5 Å². The molecule has 0 unspecified atom stereocenters. The molecule has 0 spiro atoms. The number of aromatic nitrogens is 3. The van der Waals surface area contributed by atoms with Crippen molar-refractivity contribution < 1.29 is 4.74 Å². The van der Waals surface area contributed by atoms with E-state index in [0.717, 1.165) is 21.9 Å².